The third kappa shape index (κ3) is 2.08. The maximum atomic E-state index is 13.3. The van der Waals surface area contributed by atoms with Crippen LogP contribution < -0.4 is 5.32 Å². The zero-order chi connectivity index (χ0) is 15.3. The van der Waals surface area contributed by atoms with Gasteiger partial charge in [0.05, 0.1) is 11.6 Å². The van der Waals surface area contributed by atoms with Crippen LogP contribution in [0.5, 0.6) is 0 Å². The molecule has 0 aromatic carbocycles. The summed E-state index contributed by atoms with van der Waals surface area (Å²) in [5.41, 5.74) is -1.04. The predicted octanol–water partition coefficient (Wildman–Crippen LogP) is 1.60. The highest BCUT2D eigenvalue weighted by Gasteiger charge is 2.57. The van der Waals surface area contributed by atoms with Crippen LogP contribution in [0.25, 0.3) is 0 Å². The van der Waals surface area contributed by atoms with Crippen LogP contribution in [0.15, 0.2) is 0 Å². The average molecular weight is 294 g/mol. The Morgan fingerprint density at radius 1 is 1.14 bits per heavy atom. The molecule has 3 atom stereocenters. The Bertz CT molecular complexity index is 458. The van der Waals surface area contributed by atoms with E-state index in [0.29, 0.717) is 6.61 Å². The second-order valence-electron chi connectivity index (χ2n) is 7.10. The fourth-order valence-electron chi connectivity index (χ4n) is 4.23. The minimum absolute atomic E-state index is 0.0168. The molecule has 5 heteroatoms. The summed E-state index contributed by atoms with van der Waals surface area (Å²) in [5, 5.41) is 3.05. The van der Waals surface area contributed by atoms with E-state index in [1.807, 2.05) is 18.7 Å². The van der Waals surface area contributed by atoms with Gasteiger partial charge < -0.3 is 15.0 Å². The Labute approximate surface area is 126 Å². The second kappa shape index (κ2) is 4.97. The maximum Gasteiger partial charge on any atom is 0.249 e. The SMILES string of the molecule is CC1C(=O)NC2(CCCCC2)C(=O)N1C1(C)CCOC1C. The van der Waals surface area contributed by atoms with Crippen molar-refractivity contribution in [3.05, 3.63) is 0 Å². The molecule has 3 fully saturated rings. The van der Waals surface area contributed by atoms with Gasteiger partial charge in [-0.05, 0) is 40.0 Å². The number of nitrogens with one attached hydrogen (secondary N) is 1. The number of carbonyl (C=O) groups is 2. The summed E-state index contributed by atoms with van der Waals surface area (Å²) >= 11 is 0. The lowest BCUT2D eigenvalue weighted by molar-refractivity contribution is -0.165. The number of nitrogens with zero attached hydrogens (tertiary/aromatic N) is 1. The van der Waals surface area contributed by atoms with E-state index in [0.717, 1.165) is 38.5 Å². The number of rotatable bonds is 1. The van der Waals surface area contributed by atoms with Gasteiger partial charge in [0, 0.05) is 6.61 Å². The average Bonchev–Trinajstić information content (AvgIpc) is 2.79. The van der Waals surface area contributed by atoms with Crippen molar-refractivity contribution in [2.24, 2.45) is 0 Å². The summed E-state index contributed by atoms with van der Waals surface area (Å²) in [6.45, 7) is 6.56. The van der Waals surface area contributed by atoms with Crippen LogP contribution >= 0.6 is 0 Å². The van der Waals surface area contributed by atoms with Gasteiger partial charge >= 0.3 is 0 Å². The Morgan fingerprint density at radius 3 is 2.38 bits per heavy atom. The molecule has 2 heterocycles. The predicted molar refractivity (Wildman–Crippen MR) is 78.7 cm³/mol. The van der Waals surface area contributed by atoms with Crippen LogP contribution in [0.2, 0.25) is 0 Å². The Morgan fingerprint density at radius 2 is 1.81 bits per heavy atom. The summed E-state index contributed by atoms with van der Waals surface area (Å²) < 4.78 is 5.70. The number of hydrogen-bond donors (Lipinski definition) is 1. The van der Waals surface area contributed by atoms with Crippen LogP contribution in [0.4, 0.5) is 0 Å². The lowest BCUT2D eigenvalue weighted by Gasteiger charge is -2.53. The third-order valence-corrected chi connectivity index (χ3v) is 5.87. The Hall–Kier alpha value is -1.10. The lowest BCUT2D eigenvalue weighted by Crippen LogP contribution is -2.75. The molecule has 0 aromatic heterocycles. The molecule has 1 N–H and O–H groups in total. The standard InChI is InChI=1S/C16H26N2O3/c1-11-13(19)17-16(7-5-4-6-8-16)14(20)18(11)15(3)9-10-21-12(15)2/h11-12H,4-10H2,1-3H3,(H,17,19). The molecule has 1 saturated carbocycles. The van der Waals surface area contributed by atoms with E-state index in [-0.39, 0.29) is 23.5 Å². The largest absolute Gasteiger partial charge is 0.376 e. The van der Waals surface area contributed by atoms with Gasteiger partial charge in [-0.25, -0.2) is 0 Å². The zero-order valence-electron chi connectivity index (χ0n) is 13.3. The molecule has 3 rings (SSSR count). The second-order valence-corrected chi connectivity index (χ2v) is 7.10. The smallest absolute Gasteiger partial charge is 0.249 e. The van der Waals surface area contributed by atoms with Gasteiger partial charge in [-0.2, -0.15) is 0 Å². The van der Waals surface area contributed by atoms with Gasteiger partial charge in [-0.1, -0.05) is 19.3 Å². The minimum atomic E-state index is -0.660. The number of ether oxygens (including phenoxy) is 1. The van der Waals surface area contributed by atoms with Crippen LogP contribution in [0, 0.1) is 0 Å². The van der Waals surface area contributed by atoms with Gasteiger partial charge in [0.25, 0.3) is 0 Å². The van der Waals surface area contributed by atoms with E-state index in [9.17, 15) is 9.59 Å². The maximum absolute atomic E-state index is 13.3. The van der Waals surface area contributed by atoms with Crippen molar-refractivity contribution in [2.45, 2.75) is 82.5 Å². The molecule has 2 aliphatic heterocycles. The van der Waals surface area contributed by atoms with Crippen molar-refractivity contribution < 1.29 is 14.3 Å². The number of piperazine rings is 1. The highest BCUT2D eigenvalue weighted by molar-refractivity contribution is 6.00. The first kappa shape index (κ1) is 14.8. The topological polar surface area (TPSA) is 58.6 Å². The van der Waals surface area contributed by atoms with Crippen LogP contribution in [0.3, 0.4) is 0 Å². The molecule has 2 amide bonds. The molecule has 3 unspecified atom stereocenters. The fourth-order valence-corrected chi connectivity index (χ4v) is 4.23. The van der Waals surface area contributed by atoms with Crippen molar-refractivity contribution in [3.8, 4) is 0 Å². The molecule has 118 valence electrons. The summed E-state index contributed by atoms with van der Waals surface area (Å²) in [7, 11) is 0. The molecule has 21 heavy (non-hydrogen) atoms. The van der Waals surface area contributed by atoms with E-state index in [2.05, 4.69) is 12.2 Å². The van der Waals surface area contributed by atoms with Crippen molar-refractivity contribution in [3.63, 3.8) is 0 Å². The van der Waals surface area contributed by atoms with Gasteiger partial charge in [0.15, 0.2) is 0 Å². The first-order valence-corrected chi connectivity index (χ1v) is 8.18. The van der Waals surface area contributed by atoms with E-state index >= 15 is 0 Å². The van der Waals surface area contributed by atoms with E-state index < -0.39 is 11.6 Å². The zero-order valence-corrected chi connectivity index (χ0v) is 13.3. The van der Waals surface area contributed by atoms with Crippen molar-refractivity contribution in [1.29, 1.82) is 0 Å². The van der Waals surface area contributed by atoms with Gasteiger partial charge in [0.1, 0.15) is 11.6 Å². The first-order valence-electron chi connectivity index (χ1n) is 8.18. The van der Waals surface area contributed by atoms with Gasteiger partial charge in [0.2, 0.25) is 11.8 Å². The van der Waals surface area contributed by atoms with Crippen molar-refractivity contribution in [2.75, 3.05) is 6.61 Å². The molecule has 5 nitrogen and oxygen atoms in total. The number of carbonyl (C=O) groups excluding carboxylic acids is 2. The fraction of sp³-hybridized carbons (Fsp3) is 0.875. The number of amides is 2. The van der Waals surface area contributed by atoms with Crippen LogP contribution in [-0.2, 0) is 14.3 Å². The molecular weight excluding hydrogens is 268 g/mol. The Kier molecular flexibility index (Phi) is 3.51. The summed E-state index contributed by atoms with van der Waals surface area (Å²) in [5.74, 6) is 0.0889. The normalized spacial score (nSPS) is 39.7. The quantitative estimate of drug-likeness (QED) is 0.799. The van der Waals surface area contributed by atoms with E-state index in [4.69, 9.17) is 4.74 Å². The highest BCUT2D eigenvalue weighted by Crippen LogP contribution is 2.40. The molecule has 0 radical (unpaired) electrons. The monoisotopic (exact) mass is 294 g/mol. The first-order chi connectivity index (χ1) is 9.91. The minimum Gasteiger partial charge on any atom is -0.376 e. The molecule has 0 aromatic rings. The lowest BCUT2D eigenvalue weighted by atomic mass is 9.76. The highest BCUT2D eigenvalue weighted by atomic mass is 16.5. The van der Waals surface area contributed by atoms with E-state index in [1.54, 1.807) is 0 Å². The molecule has 2 saturated heterocycles. The van der Waals surface area contributed by atoms with Crippen molar-refractivity contribution in [1.82, 2.24) is 10.2 Å². The third-order valence-electron chi connectivity index (χ3n) is 5.87. The summed E-state index contributed by atoms with van der Waals surface area (Å²) in [6, 6.07) is -0.417. The van der Waals surface area contributed by atoms with Gasteiger partial charge in [-0.3, -0.25) is 9.59 Å². The van der Waals surface area contributed by atoms with Crippen LogP contribution in [-0.4, -0.2) is 46.5 Å². The Balaban J connectivity index is 1.97. The molecule has 1 aliphatic carbocycles. The summed E-state index contributed by atoms with van der Waals surface area (Å²) in [6.07, 6.45) is 5.48. The number of hydrogen-bond acceptors (Lipinski definition) is 3. The van der Waals surface area contributed by atoms with Crippen molar-refractivity contribution >= 4 is 11.8 Å². The summed E-state index contributed by atoms with van der Waals surface area (Å²) in [4.78, 5) is 27.6. The molecule has 0 bridgehead atoms. The van der Waals surface area contributed by atoms with Gasteiger partial charge in [-0.15, -0.1) is 0 Å². The van der Waals surface area contributed by atoms with Crippen LogP contribution in [0.1, 0.15) is 59.3 Å². The molecular formula is C16H26N2O3. The molecule has 3 aliphatic rings. The van der Waals surface area contributed by atoms with E-state index in [1.165, 1.54) is 0 Å². The molecule has 1 spiro atoms.